The number of aliphatic carboxylic acids is 2. The van der Waals surface area contributed by atoms with Crippen LogP contribution in [0.3, 0.4) is 0 Å². The van der Waals surface area contributed by atoms with E-state index in [4.69, 9.17) is 15.9 Å². The van der Waals surface area contributed by atoms with Crippen LogP contribution in [0.15, 0.2) is 22.7 Å². The topological polar surface area (TPSA) is 179 Å². The van der Waals surface area contributed by atoms with Crippen molar-refractivity contribution >= 4 is 51.4 Å². The molecule has 28 heavy (non-hydrogen) atoms. The Morgan fingerprint density at radius 2 is 1.96 bits per heavy atom. The van der Waals surface area contributed by atoms with Gasteiger partial charge in [0.05, 0.1) is 11.4 Å². The maximum atomic E-state index is 12.2. The number of aliphatic hydroxyl groups is 1. The van der Waals surface area contributed by atoms with E-state index in [2.05, 4.69) is 26.6 Å². The second-order valence-electron chi connectivity index (χ2n) is 5.91. The molecule has 1 aliphatic rings. The monoisotopic (exact) mass is 479 g/mol. The Hall–Kier alpha value is -1.89. The molecule has 0 unspecified atom stereocenters. The summed E-state index contributed by atoms with van der Waals surface area (Å²) >= 11 is 4.45. The lowest BCUT2D eigenvalue weighted by atomic mass is 10.1. The Morgan fingerprint density at radius 1 is 1.29 bits per heavy atom. The van der Waals surface area contributed by atoms with Gasteiger partial charge in [-0.25, -0.2) is 0 Å². The molecule has 156 valence electrons. The van der Waals surface area contributed by atoms with Crippen LogP contribution < -0.4 is 16.4 Å². The fourth-order valence-electron chi connectivity index (χ4n) is 2.12. The molecular formula is C16H22BrN3O7S. The number of nitrogens with one attached hydrogen (secondary N) is 2. The lowest BCUT2D eigenvalue weighted by molar-refractivity contribution is -0.139. The smallest absolute Gasteiger partial charge is 0.322 e. The highest BCUT2D eigenvalue weighted by atomic mass is 79.9. The molecular weight excluding hydrogens is 458 g/mol. The summed E-state index contributed by atoms with van der Waals surface area (Å²) in [4.78, 5) is 45.6. The molecule has 4 atom stereocenters. The first kappa shape index (κ1) is 24.1. The van der Waals surface area contributed by atoms with Crippen LogP contribution >= 0.6 is 27.7 Å². The molecule has 0 radical (unpaired) electrons. The SMILES string of the molecule is N[C@@H](CCC(=O)N[C@@H](CS[C@H]1C=CC(Br)=C[C@@H]1O)C(=O)NCC(=O)O)C(=O)O. The van der Waals surface area contributed by atoms with Gasteiger partial charge in [-0.3, -0.25) is 19.2 Å². The van der Waals surface area contributed by atoms with E-state index >= 15 is 0 Å². The molecule has 0 aromatic heterocycles. The fourth-order valence-corrected chi connectivity index (χ4v) is 3.66. The molecule has 0 saturated heterocycles. The largest absolute Gasteiger partial charge is 0.480 e. The Labute approximate surface area is 173 Å². The van der Waals surface area contributed by atoms with E-state index in [1.165, 1.54) is 11.8 Å². The molecule has 1 rings (SSSR count). The lowest BCUT2D eigenvalue weighted by Crippen LogP contribution is -2.50. The van der Waals surface area contributed by atoms with Crippen molar-refractivity contribution in [2.75, 3.05) is 12.3 Å². The van der Waals surface area contributed by atoms with E-state index in [-0.39, 0.29) is 23.8 Å². The van der Waals surface area contributed by atoms with Gasteiger partial charge in [-0.2, -0.15) is 0 Å². The van der Waals surface area contributed by atoms with E-state index in [0.29, 0.717) is 0 Å². The van der Waals surface area contributed by atoms with Gasteiger partial charge in [-0.1, -0.05) is 28.1 Å². The van der Waals surface area contributed by atoms with Gasteiger partial charge in [-0.15, -0.1) is 11.8 Å². The number of halogens is 1. The third kappa shape index (κ3) is 8.87. The van der Waals surface area contributed by atoms with Gasteiger partial charge in [0.25, 0.3) is 0 Å². The summed E-state index contributed by atoms with van der Waals surface area (Å²) in [6.07, 6.45) is 3.96. The van der Waals surface area contributed by atoms with Crippen molar-refractivity contribution in [1.82, 2.24) is 10.6 Å². The number of hydrogen-bond donors (Lipinski definition) is 6. The van der Waals surface area contributed by atoms with Crippen molar-refractivity contribution in [3.8, 4) is 0 Å². The molecule has 12 heteroatoms. The maximum Gasteiger partial charge on any atom is 0.322 e. The molecule has 2 amide bonds. The van der Waals surface area contributed by atoms with Crippen molar-refractivity contribution in [2.45, 2.75) is 36.3 Å². The molecule has 7 N–H and O–H groups in total. The van der Waals surface area contributed by atoms with Crippen molar-refractivity contribution in [2.24, 2.45) is 5.73 Å². The number of carbonyl (C=O) groups is 4. The second kappa shape index (κ2) is 11.8. The van der Waals surface area contributed by atoms with Gasteiger partial charge in [0, 0.05) is 16.7 Å². The third-order valence-electron chi connectivity index (χ3n) is 3.63. The first-order valence-electron chi connectivity index (χ1n) is 8.22. The summed E-state index contributed by atoms with van der Waals surface area (Å²) in [6, 6.07) is -2.26. The second-order valence-corrected chi connectivity index (χ2v) is 8.04. The minimum absolute atomic E-state index is 0.0691. The Kier molecular flexibility index (Phi) is 10.2. The van der Waals surface area contributed by atoms with Crippen LogP contribution in [0.4, 0.5) is 0 Å². The number of thioether (sulfide) groups is 1. The van der Waals surface area contributed by atoms with Crippen LogP contribution in [0, 0.1) is 0 Å². The normalized spacial score (nSPS) is 20.6. The van der Waals surface area contributed by atoms with Gasteiger partial charge in [0.1, 0.15) is 18.6 Å². The third-order valence-corrected chi connectivity index (χ3v) is 5.51. The number of allylic oxidation sites excluding steroid dienone is 2. The quantitative estimate of drug-likeness (QED) is 0.220. The molecule has 0 aromatic rings. The van der Waals surface area contributed by atoms with Crippen LogP contribution in [-0.4, -0.2) is 74.8 Å². The highest BCUT2D eigenvalue weighted by molar-refractivity contribution is 9.11. The van der Waals surface area contributed by atoms with Gasteiger partial charge in [0.15, 0.2) is 0 Å². The van der Waals surface area contributed by atoms with E-state index in [1.807, 2.05) is 0 Å². The van der Waals surface area contributed by atoms with Crippen LogP contribution in [0.2, 0.25) is 0 Å². The first-order chi connectivity index (χ1) is 13.1. The first-order valence-corrected chi connectivity index (χ1v) is 10.1. The standard InChI is InChI=1S/C16H22BrN3O7S/c17-8-1-3-12(11(21)5-8)28-7-10(15(25)19-6-14(23)24)20-13(22)4-2-9(18)16(26)27/h1,3,5,9-12,21H,2,4,6-7,18H2,(H,19,25)(H,20,22)(H,23,24)(H,26,27)/t9-,10-,11-,12-/m0/s1. The number of hydrogen-bond acceptors (Lipinski definition) is 7. The molecule has 0 aromatic carbocycles. The average Bonchev–Trinajstić information content (AvgIpc) is 2.62. The molecule has 0 aliphatic heterocycles. The molecule has 0 spiro atoms. The van der Waals surface area contributed by atoms with E-state index < -0.39 is 48.5 Å². The predicted molar refractivity (Wildman–Crippen MR) is 106 cm³/mol. The number of carboxylic acids is 2. The van der Waals surface area contributed by atoms with Crippen molar-refractivity contribution in [3.05, 3.63) is 22.7 Å². The number of carbonyl (C=O) groups excluding carboxylic acids is 2. The molecule has 0 heterocycles. The summed E-state index contributed by atoms with van der Waals surface area (Å²) in [7, 11) is 0. The summed E-state index contributed by atoms with van der Waals surface area (Å²) in [5.41, 5.74) is 5.35. The van der Waals surface area contributed by atoms with E-state index in [0.717, 1.165) is 4.48 Å². The highest BCUT2D eigenvalue weighted by Gasteiger charge is 2.26. The van der Waals surface area contributed by atoms with Crippen molar-refractivity contribution < 1.29 is 34.5 Å². The average molecular weight is 480 g/mol. The molecule has 1 aliphatic carbocycles. The zero-order chi connectivity index (χ0) is 21.3. The molecule has 0 fully saturated rings. The summed E-state index contributed by atoms with van der Waals surface area (Å²) < 4.78 is 0.718. The zero-order valence-electron chi connectivity index (χ0n) is 14.7. The maximum absolute atomic E-state index is 12.2. The lowest BCUT2D eigenvalue weighted by Gasteiger charge is -2.23. The van der Waals surface area contributed by atoms with E-state index in [9.17, 15) is 24.3 Å². The van der Waals surface area contributed by atoms with Gasteiger partial charge in [-0.05, 0) is 12.5 Å². The minimum Gasteiger partial charge on any atom is -0.480 e. The molecule has 10 nitrogen and oxygen atoms in total. The molecule has 0 saturated carbocycles. The van der Waals surface area contributed by atoms with Gasteiger partial charge in [0.2, 0.25) is 11.8 Å². The van der Waals surface area contributed by atoms with Crippen LogP contribution in [0.5, 0.6) is 0 Å². The Morgan fingerprint density at radius 3 is 2.54 bits per heavy atom. The summed E-state index contributed by atoms with van der Waals surface area (Å²) in [5, 5.41) is 31.8. The van der Waals surface area contributed by atoms with Crippen LogP contribution in [-0.2, 0) is 19.2 Å². The van der Waals surface area contributed by atoms with Gasteiger partial charge < -0.3 is 31.7 Å². The Bertz CT molecular complexity index is 671. The number of nitrogens with two attached hydrogens (primary N) is 1. The summed E-state index contributed by atoms with van der Waals surface area (Å²) in [6.45, 7) is -0.610. The zero-order valence-corrected chi connectivity index (χ0v) is 17.1. The number of carboxylic acid groups (broad SMARTS) is 2. The number of amides is 2. The summed E-state index contributed by atoms with van der Waals surface area (Å²) in [5.74, 6) is -3.69. The van der Waals surface area contributed by atoms with Gasteiger partial charge >= 0.3 is 11.9 Å². The minimum atomic E-state index is -1.24. The number of rotatable bonds is 11. The predicted octanol–water partition coefficient (Wildman–Crippen LogP) is -0.825. The number of aliphatic hydroxyl groups excluding tert-OH is 1. The highest BCUT2D eigenvalue weighted by Crippen LogP contribution is 2.25. The van der Waals surface area contributed by atoms with Crippen LogP contribution in [0.25, 0.3) is 0 Å². The van der Waals surface area contributed by atoms with E-state index in [1.54, 1.807) is 18.2 Å². The van der Waals surface area contributed by atoms with Crippen molar-refractivity contribution in [1.29, 1.82) is 0 Å². The fraction of sp³-hybridized carbons (Fsp3) is 0.500. The Balaban J connectivity index is 2.66. The van der Waals surface area contributed by atoms with Crippen LogP contribution in [0.1, 0.15) is 12.8 Å². The van der Waals surface area contributed by atoms with Crippen molar-refractivity contribution in [3.63, 3.8) is 0 Å². The molecule has 0 bridgehead atoms.